The van der Waals surface area contributed by atoms with Crippen LogP contribution in [0.5, 0.6) is 17.2 Å². The second kappa shape index (κ2) is 17.8. The Labute approximate surface area is 268 Å². The van der Waals surface area contributed by atoms with Crippen molar-refractivity contribution in [3.63, 3.8) is 0 Å². The van der Waals surface area contributed by atoms with Crippen LogP contribution in [0.3, 0.4) is 0 Å². The lowest BCUT2D eigenvalue weighted by atomic mass is 9.97. The number of unbranched alkanes of at least 4 members (excludes halogenated alkanes) is 2. The summed E-state index contributed by atoms with van der Waals surface area (Å²) >= 11 is 0. The molecule has 0 heterocycles. The zero-order valence-electron chi connectivity index (χ0n) is 27.4. The highest BCUT2D eigenvalue weighted by molar-refractivity contribution is 5.91. The van der Waals surface area contributed by atoms with E-state index in [2.05, 4.69) is 57.3 Å². The van der Waals surface area contributed by atoms with E-state index in [9.17, 15) is 14.4 Å². The van der Waals surface area contributed by atoms with Crippen LogP contribution >= 0.6 is 0 Å². The average Bonchev–Trinajstić information content (AvgIpc) is 3.02. The van der Waals surface area contributed by atoms with E-state index in [4.69, 9.17) is 14.2 Å². The summed E-state index contributed by atoms with van der Waals surface area (Å²) in [6, 6.07) is 19.4. The zero-order chi connectivity index (χ0) is 32.8. The molecule has 0 saturated carbocycles. The summed E-state index contributed by atoms with van der Waals surface area (Å²) < 4.78 is 16.6. The molecule has 1 unspecified atom stereocenters. The lowest BCUT2D eigenvalue weighted by molar-refractivity contribution is -0.135. The molecule has 3 rings (SSSR count). The maximum atomic E-state index is 12.9. The molecule has 3 aromatic rings. The van der Waals surface area contributed by atoms with Crippen LogP contribution in [0.1, 0.15) is 93.3 Å². The number of benzene rings is 3. The number of nitrogens with one attached hydrogen (secondary N) is 1. The third-order valence-electron chi connectivity index (χ3n) is 7.25. The van der Waals surface area contributed by atoms with Crippen molar-refractivity contribution in [1.29, 1.82) is 0 Å². The highest BCUT2D eigenvalue weighted by Gasteiger charge is 2.19. The summed E-state index contributed by atoms with van der Waals surface area (Å²) in [6.07, 6.45) is 8.61. The minimum Gasteiger partial charge on any atom is -0.493 e. The lowest BCUT2D eigenvalue weighted by Gasteiger charge is -2.13. The second-order valence-electron chi connectivity index (χ2n) is 12.1. The van der Waals surface area contributed by atoms with Crippen LogP contribution in [-0.4, -0.2) is 25.0 Å². The number of carbonyl (C=O) groups is 3. The first-order valence-electron chi connectivity index (χ1n) is 15.8. The number of amides is 1. The van der Waals surface area contributed by atoms with Gasteiger partial charge in [-0.05, 0) is 97.5 Å². The molecule has 1 N–H and O–H groups in total. The van der Waals surface area contributed by atoms with Gasteiger partial charge in [0.1, 0.15) is 5.75 Å². The quantitative estimate of drug-likeness (QED) is 0.0758. The van der Waals surface area contributed by atoms with E-state index >= 15 is 0 Å². The Bertz CT molecular complexity index is 1420. The summed E-state index contributed by atoms with van der Waals surface area (Å²) in [7, 11) is 1.49. The molecule has 0 aromatic heterocycles. The van der Waals surface area contributed by atoms with Crippen molar-refractivity contribution >= 4 is 17.8 Å². The molecule has 0 aliphatic rings. The molecule has 0 bridgehead atoms. The van der Waals surface area contributed by atoms with Gasteiger partial charge in [-0.1, -0.05) is 70.2 Å². The van der Waals surface area contributed by atoms with E-state index < -0.39 is 11.9 Å². The average molecular weight is 614 g/mol. The second-order valence-corrected chi connectivity index (χ2v) is 12.1. The first-order chi connectivity index (χ1) is 21.5. The van der Waals surface area contributed by atoms with Gasteiger partial charge in [0.25, 0.3) is 0 Å². The molecule has 0 fully saturated rings. The smallest absolute Gasteiger partial charge is 0.343 e. The molecule has 45 heavy (non-hydrogen) atoms. The van der Waals surface area contributed by atoms with Gasteiger partial charge in [-0.15, -0.1) is 0 Å². The maximum Gasteiger partial charge on any atom is 0.343 e. The van der Waals surface area contributed by atoms with E-state index in [1.165, 1.54) is 12.7 Å². The van der Waals surface area contributed by atoms with Crippen LogP contribution in [0.4, 0.5) is 0 Å². The lowest BCUT2D eigenvalue weighted by Crippen LogP contribution is -2.22. The minimum absolute atomic E-state index is 0.00310. The fraction of sp³-hybridized carbons (Fsp3) is 0.395. The van der Waals surface area contributed by atoms with Gasteiger partial charge in [0.15, 0.2) is 11.5 Å². The van der Waals surface area contributed by atoms with Crippen LogP contribution < -0.4 is 19.5 Å². The minimum atomic E-state index is -0.578. The van der Waals surface area contributed by atoms with Gasteiger partial charge in [0.2, 0.25) is 5.91 Å². The SMILES string of the molecule is COc1cc(CNC(=O)CCCC/C=C/C(C)C)ccc1OC(=O)c1ccc(OC(=O)C(C)c2ccc(CC(C)C)cc2)cc1. The molecule has 3 aromatic carbocycles. The van der Waals surface area contributed by atoms with Crippen LogP contribution in [0.2, 0.25) is 0 Å². The van der Waals surface area contributed by atoms with Gasteiger partial charge in [0, 0.05) is 13.0 Å². The first-order valence-corrected chi connectivity index (χ1v) is 15.8. The van der Waals surface area contributed by atoms with Crippen molar-refractivity contribution in [3.8, 4) is 17.2 Å². The topological polar surface area (TPSA) is 90.9 Å². The Balaban J connectivity index is 1.49. The van der Waals surface area contributed by atoms with Gasteiger partial charge in [0.05, 0.1) is 18.6 Å². The Morgan fingerprint density at radius 1 is 0.800 bits per heavy atom. The number of esters is 2. The molecule has 0 aliphatic heterocycles. The number of allylic oxidation sites excluding steroid dienone is 2. The van der Waals surface area contributed by atoms with Gasteiger partial charge < -0.3 is 19.5 Å². The summed E-state index contributed by atoms with van der Waals surface area (Å²) in [5.41, 5.74) is 3.24. The molecule has 7 heteroatoms. The van der Waals surface area contributed by atoms with Gasteiger partial charge >= 0.3 is 11.9 Å². The van der Waals surface area contributed by atoms with Crippen LogP contribution in [-0.2, 0) is 22.6 Å². The van der Waals surface area contributed by atoms with E-state index in [1.807, 2.05) is 19.1 Å². The summed E-state index contributed by atoms with van der Waals surface area (Å²) in [5, 5.41) is 2.93. The number of ether oxygens (including phenoxy) is 3. The third kappa shape index (κ3) is 11.9. The molecule has 1 amide bonds. The number of hydrogen-bond donors (Lipinski definition) is 1. The van der Waals surface area contributed by atoms with Crippen molar-refractivity contribution < 1.29 is 28.6 Å². The molecule has 0 saturated heterocycles. The van der Waals surface area contributed by atoms with Crippen LogP contribution in [0, 0.1) is 11.8 Å². The van der Waals surface area contributed by atoms with Crippen LogP contribution in [0.15, 0.2) is 78.9 Å². The fourth-order valence-corrected chi connectivity index (χ4v) is 4.68. The maximum absolute atomic E-state index is 12.9. The molecule has 0 spiro atoms. The van der Waals surface area contributed by atoms with Crippen molar-refractivity contribution in [2.75, 3.05) is 7.11 Å². The molecule has 7 nitrogen and oxygen atoms in total. The van der Waals surface area contributed by atoms with Gasteiger partial charge in [-0.3, -0.25) is 9.59 Å². The van der Waals surface area contributed by atoms with E-state index in [0.717, 1.165) is 36.8 Å². The molecule has 1 atom stereocenters. The van der Waals surface area contributed by atoms with E-state index in [-0.39, 0.29) is 17.6 Å². The fourth-order valence-electron chi connectivity index (χ4n) is 4.68. The monoisotopic (exact) mass is 613 g/mol. The van der Waals surface area contributed by atoms with Crippen molar-refractivity contribution in [3.05, 3.63) is 101 Å². The molecular formula is C38H47NO6. The van der Waals surface area contributed by atoms with Gasteiger partial charge in [-0.2, -0.15) is 0 Å². The van der Waals surface area contributed by atoms with Crippen molar-refractivity contribution in [2.45, 2.75) is 79.2 Å². The number of methoxy groups -OCH3 is 1. The Morgan fingerprint density at radius 2 is 1.49 bits per heavy atom. The first kappa shape index (κ1) is 35.1. The van der Waals surface area contributed by atoms with E-state index in [1.54, 1.807) is 42.5 Å². The highest BCUT2D eigenvalue weighted by atomic mass is 16.6. The van der Waals surface area contributed by atoms with Gasteiger partial charge in [-0.25, -0.2) is 4.79 Å². The zero-order valence-corrected chi connectivity index (χ0v) is 27.4. The Kier molecular flexibility index (Phi) is 13.9. The Hall–Kier alpha value is -4.39. The normalized spacial score (nSPS) is 11.9. The third-order valence-corrected chi connectivity index (χ3v) is 7.25. The number of rotatable bonds is 16. The molecule has 0 radical (unpaired) electrons. The Morgan fingerprint density at radius 3 is 2.13 bits per heavy atom. The largest absolute Gasteiger partial charge is 0.493 e. The highest BCUT2D eigenvalue weighted by Crippen LogP contribution is 2.29. The van der Waals surface area contributed by atoms with Crippen molar-refractivity contribution in [1.82, 2.24) is 5.32 Å². The molecular weight excluding hydrogens is 566 g/mol. The van der Waals surface area contributed by atoms with E-state index in [0.29, 0.717) is 41.9 Å². The molecule has 240 valence electrons. The standard InChI is InChI=1S/C38H47NO6/c1-26(2)11-9-7-8-10-12-36(40)39-25-30-15-22-34(35(24-30)43-6)45-38(42)32-18-20-33(21-19-32)44-37(41)28(5)31-16-13-29(14-17-31)23-27(3)4/h9,11,13-22,24,26-28H,7-8,10,12,23,25H2,1-6H3,(H,39,40)/b11-9+. The predicted octanol–water partition coefficient (Wildman–Crippen LogP) is 8.21. The summed E-state index contributed by atoms with van der Waals surface area (Å²) in [6.45, 7) is 10.8. The summed E-state index contributed by atoms with van der Waals surface area (Å²) in [5.74, 6) is 0.691. The summed E-state index contributed by atoms with van der Waals surface area (Å²) in [4.78, 5) is 37.9. The number of hydrogen-bond acceptors (Lipinski definition) is 6. The predicted molar refractivity (Wildman–Crippen MR) is 178 cm³/mol. The number of carbonyl (C=O) groups excluding carboxylic acids is 3. The molecule has 0 aliphatic carbocycles. The van der Waals surface area contributed by atoms with Crippen LogP contribution in [0.25, 0.3) is 0 Å². The van der Waals surface area contributed by atoms with Crippen molar-refractivity contribution in [2.24, 2.45) is 11.8 Å².